The molecule has 0 saturated heterocycles. The van der Waals surface area contributed by atoms with Crippen LogP contribution in [0.2, 0.25) is 0 Å². The van der Waals surface area contributed by atoms with E-state index in [1.165, 1.54) is 0 Å². The Labute approximate surface area is 155 Å². The minimum Gasteiger partial charge on any atom is -0.334 e. The van der Waals surface area contributed by atoms with Crippen molar-refractivity contribution in [1.29, 1.82) is 0 Å². The van der Waals surface area contributed by atoms with Gasteiger partial charge in [0.25, 0.3) is 0 Å². The fourth-order valence-electron chi connectivity index (χ4n) is 2.43. The highest BCUT2D eigenvalue weighted by Crippen LogP contribution is 2.18. The summed E-state index contributed by atoms with van der Waals surface area (Å²) >= 11 is 0. The number of hydrogen-bond donors (Lipinski definition) is 2. The van der Waals surface area contributed by atoms with E-state index in [9.17, 15) is 9.59 Å². The van der Waals surface area contributed by atoms with E-state index in [1.807, 2.05) is 75.4 Å². The van der Waals surface area contributed by atoms with Crippen molar-refractivity contribution < 1.29 is 9.59 Å². The van der Waals surface area contributed by atoms with Gasteiger partial charge in [0.2, 0.25) is 5.91 Å². The summed E-state index contributed by atoms with van der Waals surface area (Å²) in [5.41, 5.74) is 2.82. The van der Waals surface area contributed by atoms with Gasteiger partial charge >= 0.3 is 6.03 Å². The van der Waals surface area contributed by atoms with Crippen molar-refractivity contribution in [3.05, 3.63) is 65.7 Å². The lowest BCUT2D eigenvalue weighted by molar-refractivity contribution is -0.118. The van der Waals surface area contributed by atoms with Gasteiger partial charge in [0, 0.05) is 25.2 Å². The van der Waals surface area contributed by atoms with E-state index in [2.05, 4.69) is 10.6 Å². The van der Waals surface area contributed by atoms with Crippen molar-refractivity contribution in [2.24, 2.45) is 5.92 Å². The van der Waals surface area contributed by atoms with E-state index < -0.39 is 0 Å². The summed E-state index contributed by atoms with van der Waals surface area (Å²) < 4.78 is 0. The molecule has 5 nitrogen and oxygen atoms in total. The number of rotatable bonds is 6. The molecule has 0 aliphatic heterocycles. The third-order valence-electron chi connectivity index (χ3n) is 4.37. The number of hydrogen-bond acceptors (Lipinski definition) is 2. The molecular weight excluding hydrogens is 326 g/mol. The first-order valence-electron chi connectivity index (χ1n) is 8.84. The van der Waals surface area contributed by atoms with E-state index in [-0.39, 0.29) is 23.9 Å². The van der Waals surface area contributed by atoms with E-state index in [0.29, 0.717) is 6.54 Å². The summed E-state index contributed by atoms with van der Waals surface area (Å²) in [7, 11) is 1.79. The lowest BCUT2D eigenvalue weighted by Crippen LogP contribution is -2.38. The number of urea groups is 1. The highest BCUT2D eigenvalue weighted by molar-refractivity contribution is 5.92. The summed E-state index contributed by atoms with van der Waals surface area (Å²) in [6, 6.07) is 17.3. The van der Waals surface area contributed by atoms with Crippen LogP contribution in [0.15, 0.2) is 54.6 Å². The highest BCUT2D eigenvalue weighted by atomic mass is 16.2. The number of amides is 3. The third-order valence-corrected chi connectivity index (χ3v) is 4.37. The van der Waals surface area contributed by atoms with Crippen LogP contribution in [0.3, 0.4) is 0 Å². The van der Waals surface area contributed by atoms with Gasteiger partial charge in [0.05, 0.1) is 6.04 Å². The maximum atomic E-state index is 12.4. The van der Waals surface area contributed by atoms with Crippen molar-refractivity contribution in [3.63, 3.8) is 0 Å². The Bertz CT molecular complexity index is 727. The number of carbonyl (C=O) groups excluding carboxylic acids is 2. The van der Waals surface area contributed by atoms with E-state index >= 15 is 0 Å². The van der Waals surface area contributed by atoms with Crippen molar-refractivity contribution in [2.75, 3.05) is 12.4 Å². The molecule has 26 heavy (non-hydrogen) atoms. The molecule has 0 heterocycles. The molecule has 0 bridgehead atoms. The van der Waals surface area contributed by atoms with Gasteiger partial charge in [0.1, 0.15) is 0 Å². The van der Waals surface area contributed by atoms with Gasteiger partial charge in [0.15, 0.2) is 0 Å². The minimum absolute atomic E-state index is 0.00942. The largest absolute Gasteiger partial charge is 0.334 e. The molecule has 0 aliphatic carbocycles. The standard InChI is InChI=1S/C21H27N3O2/c1-15(2)20(25)23-19-12-10-17(11-13-19)14-22-21(26)24(4)16(3)18-8-6-5-7-9-18/h5-13,15-16H,14H2,1-4H3,(H,22,26)(H,23,25)/t16-/m1/s1. The van der Waals surface area contributed by atoms with Crippen LogP contribution in [0, 0.1) is 5.92 Å². The van der Waals surface area contributed by atoms with Crippen LogP contribution < -0.4 is 10.6 Å². The fourth-order valence-corrected chi connectivity index (χ4v) is 2.43. The van der Waals surface area contributed by atoms with Crippen LogP contribution in [0.5, 0.6) is 0 Å². The molecule has 0 aromatic heterocycles. The van der Waals surface area contributed by atoms with Crippen molar-refractivity contribution in [1.82, 2.24) is 10.2 Å². The average molecular weight is 353 g/mol. The van der Waals surface area contributed by atoms with Gasteiger partial charge in [-0.15, -0.1) is 0 Å². The molecule has 0 fully saturated rings. The SMILES string of the molecule is CC(C)C(=O)Nc1ccc(CNC(=O)N(C)[C@H](C)c2ccccc2)cc1. The third kappa shape index (κ3) is 5.34. The monoisotopic (exact) mass is 353 g/mol. The molecule has 2 aromatic carbocycles. The maximum absolute atomic E-state index is 12.4. The molecular formula is C21H27N3O2. The topological polar surface area (TPSA) is 61.4 Å². The van der Waals surface area contributed by atoms with Crippen LogP contribution in [0.1, 0.15) is 37.9 Å². The Morgan fingerprint density at radius 3 is 2.15 bits per heavy atom. The van der Waals surface area contributed by atoms with E-state index in [0.717, 1.165) is 16.8 Å². The lowest BCUT2D eigenvalue weighted by atomic mass is 10.1. The summed E-state index contributed by atoms with van der Waals surface area (Å²) in [6.07, 6.45) is 0. The van der Waals surface area contributed by atoms with Gasteiger partial charge in [-0.2, -0.15) is 0 Å². The first kappa shape index (κ1) is 19.5. The van der Waals surface area contributed by atoms with Gasteiger partial charge in [-0.3, -0.25) is 4.79 Å². The quantitative estimate of drug-likeness (QED) is 0.818. The van der Waals surface area contributed by atoms with Gasteiger partial charge in [-0.05, 0) is 30.2 Å². The second kappa shape index (κ2) is 9.04. The van der Waals surface area contributed by atoms with Crippen molar-refractivity contribution in [3.8, 4) is 0 Å². The molecule has 1 atom stereocenters. The van der Waals surface area contributed by atoms with E-state index in [4.69, 9.17) is 0 Å². The van der Waals surface area contributed by atoms with Gasteiger partial charge < -0.3 is 15.5 Å². The van der Waals surface area contributed by atoms with E-state index in [1.54, 1.807) is 11.9 Å². The predicted octanol–water partition coefficient (Wildman–Crippen LogP) is 4.18. The normalized spacial score (nSPS) is 11.7. The van der Waals surface area contributed by atoms with Crippen LogP contribution in [0.4, 0.5) is 10.5 Å². The van der Waals surface area contributed by atoms with Crippen LogP contribution in [-0.2, 0) is 11.3 Å². The second-order valence-electron chi connectivity index (χ2n) is 6.70. The number of anilines is 1. The Kier molecular flexibility index (Phi) is 6.78. The summed E-state index contributed by atoms with van der Waals surface area (Å²) in [5, 5.41) is 5.78. The molecule has 0 radical (unpaired) electrons. The van der Waals surface area contributed by atoms with Crippen LogP contribution >= 0.6 is 0 Å². The first-order valence-corrected chi connectivity index (χ1v) is 8.84. The fraction of sp³-hybridized carbons (Fsp3) is 0.333. The van der Waals surface area contributed by atoms with Gasteiger partial charge in [-0.1, -0.05) is 56.3 Å². The second-order valence-corrected chi connectivity index (χ2v) is 6.70. The summed E-state index contributed by atoms with van der Waals surface area (Å²) in [4.78, 5) is 25.8. The zero-order valence-electron chi connectivity index (χ0n) is 15.8. The molecule has 138 valence electrons. The van der Waals surface area contributed by atoms with Crippen molar-refractivity contribution >= 4 is 17.6 Å². The number of benzene rings is 2. The number of nitrogens with one attached hydrogen (secondary N) is 2. The lowest BCUT2D eigenvalue weighted by Gasteiger charge is -2.25. The smallest absolute Gasteiger partial charge is 0.317 e. The van der Waals surface area contributed by atoms with Crippen LogP contribution in [0.25, 0.3) is 0 Å². The maximum Gasteiger partial charge on any atom is 0.317 e. The molecule has 0 aliphatic rings. The zero-order valence-corrected chi connectivity index (χ0v) is 15.8. The molecule has 2 N–H and O–H groups in total. The number of carbonyl (C=O) groups is 2. The Balaban J connectivity index is 1.87. The number of nitrogens with zero attached hydrogens (tertiary/aromatic N) is 1. The molecule has 0 saturated carbocycles. The Morgan fingerprint density at radius 1 is 0.962 bits per heavy atom. The summed E-state index contributed by atoms with van der Waals surface area (Å²) in [5.74, 6) is -0.0707. The zero-order chi connectivity index (χ0) is 19.1. The molecule has 0 spiro atoms. The average Bonchev–Trinajstić information content (AvgIpc) is 2.66. The Hall–Kier alpha value is -2.82. The highest BCUT2D eigenvalue weighted by Gasteiger charge is 2.16. The predicted molar refractivity (Wildman–Crippen MR) is 105 cm³/mol. The molecule has 3 amide bonds. The van der Waals surface area contributed by atoms with Crippen molar-refractivity contribution in [2.45, 2.75) is 33.4 Å². The molecule has 2 rings (SSSR count). The summed E-state index contributed by atoms with van der Waals surface area (Å²) in [6.45, 7) is 6.14. The minimum atomic E-state index is -0.126. The van der Waals surface area contributed by atoms with Gasteiger partial charge in [-0.25, -0.2) is 4.79 Å². The molecule has 0 unspecified atom stereocenters. The first-order chi connectivity index (χ1) is 12.4. The molecule has 2 aromatic rings. The Morgan fingerprint density at radius 2 is 1.58 bits per heavy atom. The van der Waals surface area contributed by atoms with Crippen LogP contribution in [-0.4, -0.2) is 23.9 Å². The molecule has 5 heteroatoms.